The molecule has 0 bridgehead atoms. The first-order valence-corrected chi connectivity index (χ1v) is 10.1. The molecule has 30 heavy (non-hydrogen) atoms. The summed E-state index contributed by atoms with van der Waals surface area (Å²) < 4.78 is 0. The molecule has 0 aromatic heterocycles. The summed E-state index contributed by atoms with van der Waals surface area (Å²) in [6.45, 7) is 0. The molecule has 0 heterocycles. The van der Waals surface area contributed by atoms with Crippen molar-refractivity contribution in [3.05, 3.63) is 142 Å². The van der Waals surface area contributed by atoms with Crippen LogP contribution in [0.25, 0.3) is 22.3 Å². The van der Waals surface area contributed by atoms with Crippen LogP contribution in [-0.4, -0.2) is 0 Å². The molecule has 0 radical (unpaired) electrons. The number of hydrogen-bond acceptors (Lipinski definition) is 1. The van der Waals surface area contributed by atoms with Crippen LogP contribution in [-0.2, 0) is 0 Å². The molecule has 0 N–H and O–H groups in total. The molecule has 4 aromatic carbocycles. The van der Waals surface area contributed by atoms with Gasteiger partial charge in [-0.3, -0.25) is 0 Å². The van der Waals surface area contributed by atoms with E-state index < -0.39 is 0 Å². The smallest absolute Gasteiger partial charge is 0.0991 e. The van der Waals surface area contributed by atoms with Crippen molar-refractivity contribution in [1.82, 2.24) is 0 Å². The Morgan fingerprint density at radius 3 is 1.47 bits per heavy atom. The second-order valence-electron chi connectivity index (χ2n) is 7.65. The molecule has 0 atom stereocenters. The summed E-state index contributed by atoms with van der Waals surface area (Å²) in [5.74, 6) is 0. The summed E-state index contributed by atoms with van der Waals surface area (Å²) in [5.41, 5.74) is 13.0. The van der Waals surface area contributed by atoms with E-state index in [4.69, 9.17) is 0 Å². The first-order chi connectivity index (χ1) is 14.9. The van der Waals surface area contributed by atoms with E-state index in [0.29, 0.717) is 5.56 Å². The molecule has 0 aliphatic heterocycles. The number of rotatable bonds is 2. The molecule has 1 nitrogen and oxygen atoms in total. The molecule has 2 aliphatic rings. The van der Waals surface area contributed by atoms with Gasteiger partial charge in [-0.25, -0.2) is 0 Å². The Bertz CT molecular complexity index is 1410. The second kappa shape index (κ2) is 6.44. The standard InChI is InChI=1S/C29H17N/c30-18-19-15-16-24-25(17-19)29-26(20-9-3-1-4-10-20)22-13-7-8-14-23(22)28(29)27(24)21-11-5-2-6-12-21/h1-17H. The zero-order chi connectivity index (χ0) is 20.1. The van der Waals surface area contributed by atoms with Crippen LogP contribution in [0.1, 0.15) is 38.9 Å². The van der Waals surface area contributed by atoms with Crippen LogP contribution in [0.15, 0.2) is 103 Å². The maximum atomic E-state index is 9.57. The molecule has 0 saturated carbocycles. The van der Waals surface area contributed by atoms with E-state index >= 15 is 0 Å². The maximum Gasteiger partial charge on any atom is 0.0991 e. The van der Waals surface area contributed by atoms with Crippen LogP contribution in [0.4, 0.5) is 0 Å². The lowest BCUT2D eigenvalue weighted by molar-refractivity contribution is 1.46. The van der Waals surface area contributed by atoms with Crippen LogP contribution in [0, 0.1) is 11.3 Å². The lowest BCUT2D eigenvalue weighted by Gasteiger charge is -2.11. The summed E-state index contributed by atoms with van der Waals surface area (Å²) >= 11 is 0. The molecule has 6 rings (SSSR count). The topological polar surface area (TPSA) is 23.8 Å². The average molecular weight is 379 g/mol. The van der Waals surface area contributed by atoms with Gasteiger partial charge in [0.05, 0.1) is 11.6 Å². The van der Waals surface area contributed by atoms with Gasteiger partial charge in [0.1, 0.15) is 0 Å². The van der Waals surface area contributed by atoms with E-state index in [1.165, 1.54) is 50.1 Å². The average Bonchev–Trinajstić information content (AvgIpc) is 3.32. The molecule has 2 aliphatic carbocycles. The molecular weight excluding hydrogens is 362 g/mol. The lowest BCUT2D eigenvalue weighted by atomic mass is 9.91. The van der Waals surface area contributed by atoms with Crippen LogP contribution in [0.3, 0.4) is 0 Å². The van der Waals surface area contributed by atoms with Crippen molar-refractivity contribution in [1.29, 1.82) is 5.26 Å². The summed E-state index contributed by atoms with van der Waals surface area (Å²) in [4.78, 5) is 0. The van der Waals surface area contributed by atoms with Crippen LogP contribution in [0.5, 0.6) is 0 Å². The number of nitrogens with zero attached hydrogens (tertiary/aromatic N) is 1. The van der Waals surface area contributed by atoms with Gasteiger partial charge >= 0.3 is 0 Å². The van der Waals surface area contributed by atoms with E-state index in [9.17, 15) is 5.26 Å². The minimum Gasteiger partial charge on any atom is -0.192 e. The molecule has 0 saturated heterocycles. The van der Waals surface area contributed by atoms with Crippen molar-refractivity contribution in [3.63, 3.8) is 0 Å². The Hall–Kier alpha value is -4.15. The normalized spacial score (nSPS) is 13.7. The van der Waals surface area contributed by atoms with Crippen LogP contribution < -0.4 is 0 Å². The number of allylic oxidation sites excluding steroid dienone is 2. The van der Waals surface area contributed by atoms with Crippen molar-refractivity contribution in [2.24, 2.45) is 0 Å². The highest BCUT2D eigenvalue weighted by Crippen LogP contribution is 2.58. The van der Waals surface area contributed by atoms with Crippen molar-refractivity contribution >= 4 is 22.3 Å². The number of fused-ring (bicyclic) bond motifs is 5. The first kappa shape index (κ1) is 16.8. The van der Waals surface area contributed by atoms with Gasteiger partial charge in [-0.15, -0.1) is 0 Å². The predicted octanol–water partition coefficient (Wildman–Crippen LogP) is 6.80. The van der Waals surface area contributed by atoms with E-state index in [1.54, 1.807) is 0 Å². The second-order valence-corrected chi connectivity index (χ2v) is 7.65. The molecule has 138 valence electrons. The Kier molecular flexibility index (Phi) is 3.60. The Balaban J connectivity index is 1.79. The largest absolute Gasteiger partial charge is 0.192 e. The number of nitriles is 1. The van der Waals surface area contributed by atoms with Gasteiger partial charge in [0, 0.05) is 0 Å². The number of hydrogen-bond donors (Lipinski definition) is 0. The zero-order valence-corrected chi connectivity index (χ0v) is 16.3. The van der Waals surface area contributed by atoms with Gasteiger partial charge in [-0.1, -0.05) is 91.0 Å². The Morgan fingerprint density at radius 1 is 0.433 bits per heavy atom. The molecule has 0 fully saturated rings. The monoisotopic (exact) mass is 379 g/mol. The summed E-state index contributed by atoms with van der Waals surface area (Å²) in [6, 6.07) is 38.3. The Morgan fingerprint density at radius 2 is 0.900 bits per heavy atom. The van der Waals surface area contributed by atoms with Gasteiger partial charge in [-0.2, -0.15) is 5.26 Å². The van der Waals surface area contributed by atoms with Gasteiger partial charge < -0.3 is 0 Å². The van der Waals surface area contributed by atoms with E-state index in [2.05, 4.69) is 103 Å². The van der Waals surface area contributed by atoms with Crippen LogP contribution >= 0.6 is 0 Å². The van der Waals surface area contributed by atoms with Crippen LogP contribution in [0.2, 0.25) is 0 Å². The minimum absolute atomic E-state index is 0.693. The van der Waals surface area contributed by atoms with E-state index in [-0.39, 0.29) is 0 Å². The molecule has 0 unspecified atom stereocenters. The fraction of sp³-hybridized carbons (Fsp3) is 0. The molecule has 1 heteroatoms. The minimum atomic E-state index is 0.693. The van der Waals surface area contributed by atoms with Crippen molar-refractivity contribution in [2.75, 3.05) is 0 Å². The van der Waals surface area contributed by atoms with E-state index in [1.807, 2.05) is 6.07 Å². The Labute approximate surface area is 175 Å². The zero-order valence-electron chi connectivity index (χ0n) is 16.3. The van der Waals surface area contributed by atoms with Crippen molar-refractivity contribution in [3.8, 4) is 6.07 Å². The highest BCUT2D eigenvalue weighted by Gasteiger charge is 2.37. The molecular formula is C29H17N. The summed E-state index contributed by atoms with van der Waals surface area (Å²) in [6.07, 6.45) is 0. The van der Waals surface area contributed by atoms with E-state index in [0.717, 1.165) is 5.56 Å². The maximum absolute atomic E-state index is 9.57. The van der Waals surface area contributed by atoms with Gasteiger partial charge in [0.25, 0.3) is 0 Å². The molecule has 4 aromatic rings. The quantitative estimate of drug-likeness (QED) is 0.375. The summed E-state index contributed by atoms with van der Waals surface area (Å²) in [5, 5.41) is 9.57. The fourth-order valence-corrected chi connectivity index (χ4v) is 4.83. The van der Waals surface area contributed by atoms with Crippen molar-refractivity contribution in [2.45, 2.75) is 0 Å². The van der Waals surface area contributed by atoms with Gasteiger partial charge in [0.2, 0.25) is 0 Å². The van der Waals surface area contributed by atoms with Gasteiger partial charge in [0.15, 0.2) is 0 Å². The highest BCUT2D eigenvalue weighted by atomic mass is 14.4. The van der Waals surface area contributed by atoms with Crippen molar-refractivity contribution < 1.29 is 0 Å². The predicted molar refractivity (Wildman–Crippen MR) is 122 cm³/mol. The SMILES string of the molecule is N#Cc1ccc2c(c1)C1=C(c3ccccc3)c3ccccc3C1=C2c1ccccc1. The number of benzene rings is 4. The third kappa shape index (κ3) is 2.28. The third-order valence-corrected chi connectivity index (χ3v) is 6.03. The lowest BCUT2D eigenvalue weighted by Crippen LogP contribution is -1.93. The molecule has 0 spiro atoms. The summed E-state index contributed by atoms with van der Waals surface area (Å²) in [7, 11) is 0. The third-order valence-electron chi connectivity index (χ3n) is 6.03. The highest BCUT2D eigenvalue weighted by molar-refractivity contribution is 6.35. The fourth-order valence-electron chi connectivity index (χ4n) is 4.83. The first-order valence-electron chi connectivity index (χ1n) is 10.1. The molecule has 0 amide bonds. The van der Waals surface area contributed by atoms with Gasteiger partial charge in [-0.05, 0) is 67.8 Å².